The molecule has 0 saturated heterocycles. The van der Waals surface area contributed by atoms with Crippen LogP contribution in [0.5, 0.6) is 5.75 Å². The summed E-state index contributed by atoms with van der Waals surface area (Å²) in [5, 5.41) is 8.67. The molecule has 0 aliphatic rings. The summed E-state index contributed by atoms with van der Waals surface area (Å²) in [5.41, 5.74) is 1.84. The quantitative estimate of drug-likeness (QED) is 0.442. The molecule has 5 heteroatoms. The average molecular weight is 377 g/mol. The molecule has 0 bridgehead atoms. The highest BCUT2D eigenvalue weighted by Crippen LogP contribution is 2.22. The maximum Gasteiger partial charge on any atom is 0.343 e. The van der Waals surface area contributed by atoms with Gasteiger partial charge in [-0.15, -0.1) is 0 Å². The Hall–Kier alpha value is -3.52. The minimum Gasteiger partial charge on any atom is -0.423 e. The number of halogens is 2. The van der Waals surface area contributed by atoms with E-state index in [1.54, 1.807) is 12.1 Å². The molecule has 1 atom stereocenters. The van der Waals surface area contributed by atoms with Crippen LogP contribution in [0.15, 0.2) is 66.7 Å². The summed E-state index contributed by atoms with van der Waals surface area (Å²) in [7, 11) is 0. The molecule has 0 saturated carbocycles. The Balaban J connectivity index is 1.68. The third-order valence-corrected chi connectivity index (χ3v) is 4.44. The predicted molar refractivity (Wildman–Crippen MR) is 101 cm³/mol. The maximum atomic E-state index is 13.6. The fourth-order valence-electron chi connectivity index (χ4n) is 2.91. The fraction of sp³-hybridized carbons (Fsp3) is 0.130. The topological polar surface area (TPSA) is 50.1 Å². The van der Waals surface area contributed by atoms with Crippen molar-refractivity contribution in [2.24, 2.45) is 0 Å². The molecule has 0 radical (unpaired) electrons. The van der Waals surface area contributed by atoms with Gasteiger partial charge < -0.3 is 4.74 Å². The Morgan fingerprint density at radius 3 is 2.21 bits per heavy atom. The highest BCUT2D eigenvalue weighted by atomic mass is 19.1. The molecule has 28 heavy (non-hydrogen) atoms. The highest BCUT2D eigenvalue weighted by molar-refractivity contribution is 5.91. The lowest BCUT2D eigenvalue weighted by Crippen LogP contribution is -2.09. The summed E-state index contributed by atoms with van der Waals surface area (Å²) in [5.74, 6) is -2.85. The predicted octanol–water partition coefficient (Wildman–Crippen LogP) is 5.40. The molecular weight excluding hydrogens is 360 g/mol. The third-order valence-electron chi connectivity index (χ3n) is 4.44. The molecule has 0 aliphatic carbocycles. The standard InChI is InChI=1S/C23H17F2NO2/c1-15(17-5-3-2-4-6-17)11-16-7-9-18(10-8-16)23(27)28-19-12-21(24)20(14-26)22(25)13-19/h2-10,12-13,15H,11H2,1H3. The molecule has 0 spiro atoms. The third kappa shape index (κ3) is 4.41. The van der Waals surface area contributed by atoms with Crippen LogP contribution in [0.25, 0.3) is 0 Å². The van der Waals surface area contributed by atoms with E-state index in [1.807, 2.05) is 30.3 Å². The molecule has 0 N–H and O–H groups in total. The largest absolute Gasteiger partial charge is 0.423 e. The van der Waals surface area contributed by atoms with Crippen LogP contribution in [0.3, 0.4) is 0 Å². The molecule has 0 fully saturated rings. The Morgan fingerprint density at radius 2 is 1.64 bits per heavy atom. The normalized spacial score (nSPS) is 11.5. The van der Waals surface area contributed by atoms with E-state index < -0.39 is 23.2 Å². The molecule has 3 aromatic carbocycles. The first-order chi connectivity index (χ1) is 13.5. The van der Waals surface area contributed by atoms with E-state index in [0.29, 0.717) is 5.92 Å². The van der Waals surface area contributed by atoms with Crippen LogP contribution in [0.4, 0.5) is 8.78 Å². The van der Waals surface area contributed by atoms with Gasteiger partial charge in [0.05, 0.1) is 5.56 Å². The summed E-state index contributed by atoms with van der Waals surface area (Å²) in [6.45, 7) is 2.13. The van der Waals surface area contributed by atoms with Gasteiger partial charge in [-0.1, -0.05) is 49.4 Å². The van der Waals surface area contributed by atoms with Gasteiger partial charge in [0.1, 0.15) is 29.0 Å². The van der Waals surface area contributed by atoms with Gasteiger partial charge in [-0.05, 0) is 35.6 Å². The zero-order valence-electron chi connectivity index (χ0n) is 15.2. The molecule has 0 amide bonds. The van der Waals surface area contributed by atoms with Crippen LogP contribution in [-0.2, 0) is 6.42 Å². The lowest BCUT2D eigenvalue weighted by molar-refractivity contribution is 0.0734. The fourth-order valence-corrected chi connectivity index (χ4v) is 2.91. The minimum atomic E-state index is -1.07. The number of esters is 1. The van der Waals surface area contributed by atoms with Crippen LogP contribution in [0, 0.1) is 23.0 Å². The number of carbonyl (C=O) groups is 1. The van der Waals surface area contributed by atoms with E-state index in [4.69, 9.17) is 10.00 Å². The zero-order valence-corrected chi connectivity index (χ0v) is 15.2. The van der Waals surface area contributed by atoms with Crippen molar-refractivity contribution >= 4 is 5.97 Å². The van der Waals surface area contributed by atoms with Crippen molar-refractivity contribution in [2.45, 2.75) is 19.3 Å². The first kappa shape index (κ1) is 19.2. The van der Waals surface area contributed by atoms with Crippen molar-refractivity contribution < 1.29 is 18.3 Å². The van der Waals surface area contributed by atoms with Crippen LogP contribution in [-0.4, -0.2) is 5.97 Å². The Bertz CT molecular complexity index is 1000. The van der Waals surface area contributed by atoms with Crippen LogP contribution >= 0.6 is 0 Å². The average Bonchev–Trinajstić information content (AvgIpc) is 2.69. The molecular formula is C23H17F2NO2. The second-order valence-electron chi connectivity index (χ2n) is 6.48. The van der Waals surface area contributed by atoms with E-state index >= 15 is 0 Å². The smallest absolute Gasteiger partial charge is 0.343 e. The Labute approximate surface area is 161 Å². The van der Waals surface area contributed by atoms with Crippen molar-refractivity contribution in [2.75, 3.05) is 0 Å². The molecule has 3 rings (SSSR count). The SMILES string of the molecule is CC(Cc1ccc(C(=O)Oc2cc(F)c(C#N)c(F)c2)cc1)c1ccccc1. The van der Waals surface area contributed by atoms with Gasteiger partial charge in [-0.25, -0.2) is 13.6 Å². The van der Waals surface area contributed by atoms with Gasteiger partial charge in [-0.2, -0.15) is 5.26 Å². The Morgan fingerprint density at radius 1 is 1.04 bits per heavy atom. The molecule has 0 aromatic heterocycles. The number of ether oxygens (including phenoxy) is 1. The molecule has 0 aliphatic heterocycles. The summed E-state index contributed by atoms with van der Waals surface area (Å²) >= 11 is 0. The first-order valence-electron chi connectivity index (χ1n) is 8.73. The minimum absolute atomic E-state index is 0.265. The second kappa shape index (κ2) is 8.45. The van der Waals surface area contributed by atoms with Crippen molar-refractivity contribution in [1.29, 1.82) is 5.26 Å². The van der Waals surface area contributed by atoms with Crippen molar-refractivity contribution in [3.63, 3.8) is 0 Å². The van der Waals surface area contributed by atoms with Gasteiger partial charge in [0.15, 0.2) is 0 Å². The van der Waals surface area contributed by atoms with Crippen LogP contribution < -0.4 is 4.74 Å². The van der Waals surface area contributed by atoms with E-state index in [9.17, 15) is 13.6 Å². The first-order valence-corrected chi connectivity index (χ1v) is 8.73. The summed E-state index contributed by atoms with van der Waals surface area (Å²) < 4.78 is 32.3. The van der Waals surface area contributed by atoms with E-state index in [1.165, 1.54) is 11.6 Å². The number of rotatable bonds is 5. The van der Waals surface area contributed by atoms with E-state index in [-0.39, 0.29) is 11.3 Å². The van der Waals surface area contributed by atoms with Gasteiger partial charge in [0.25, 0.3) is 0 Å². The monoisotopic (exact) mass is 377 g/mol. The number of hydrogen-bond acceptors (Lipinski definition) is 3. The van der Waals surface area contributed by atoms with Crippen molar-refractivity contribution in [3.8, 4) is 11.8 Å². The highest BCUT2D eigenvalue weighted by Gasteiger charge is 2.15. The number of nitriles is 1. The summed E-state index contributed by atoms with van der Waals surface area (Å²) in [4.78, 5) is 12.2. The van der Waals surface area contributed by atoms with Crippen LogP contribution in [0.1, 0.15) is 39.9 Å². The zero-order chi connectivity index (χ0) is 20.1. The van der Waals surface area contributed by atoms with Crippen molar-refractivity contribution in [1.82, 2.24) is 0 Å². The van der Waals surface area contributed by atoms with Gasteiger partial charge in [0.2, 0.25) is 0 Å². The van der Waals surface area contributed by atoms with Gasteiger partial charge in [-0.3, -0.25) is 0 Å². The second-order valence-corrected chi connectivity index (χ2v) is 6.48. The van der Waals surface area contributed by atoms with Crippen molar-refractivity contribution in [3.05, 3.63) is 101 Å². The molecule has 3 aromatic rings. The summed E-state index contributed by atoms with van der Waals surface area (Å²) in [6, 6.07) is 20.1. The molecule has 0 heterocycles. The Kier molecular flexibility index (Phi) is 5.81. The van der Waals surface area contributed by atoms with Crippen LogP contribution in [0.2, 0.25) is 0 Å². The molecule has 3 nitrogen and oxygen atoms in total. The molecule has 140 valence electrons. The van der Waals surface area contributed by atoms with E-state index in [0.717, 1.165) is 24.1 Å². The van der Waals surface area contributed by atoms with E-state index in [2.05, 4.69) is 19.1 Å². The number of carbonyl (C=O) groups excluding carboxylic acids is 1. The number of nitrogens with zero attached hydrogens (tertiary/aromatic N) is 1. The lowest BCUT2D eigenvalue weighted by atomic mass is 9.93. The molecule has 1 unspecified atom stereocenters. The number of hydrogen-bond donors (Lipinski definition) is 0. The lowest BCUT2D eigenvalue weighted by Gasteiger charge is -2.12. The maximum absolute atomic E-state index is 13.6. The van der Waals surface area contributed by atoms with Gasteiger partial charge in [0, 0.05) is 12.1 Å². The number of benzene rings is 3. The summed E-state index contributed by atoms with van der Waals surface area (Å²) in [6.07, 6.45) is 0.811. The van der Waals surface area contributed by atoms with Gasteiger partial charge >= 0.3 is 5.97 Å².